The fourth-order valence-corrected chi connectivity index (χ4v) is 1.26. The van der Waals surface area contributed by atoms with Crippen LogP contribution in [0.4, 0.5) is 5.82 Å². The number of ether oxygens (including phenoxy) is 1. The molecule has 2 heterocycles. The monoisotopic (exact) mass is 291 g/mol. The standard InChI is InChI=1S/C9H9N3O.C4H4O4/c1-13-9-5-3-6-7(12-9)2-4-8(10)11-6;5-3(6)1-2-4(7)8/h2-5H,1H3,(H2,10,11);1-2H,(H,5,6)(H,7,8). The Bertz CT molecular complexity index is 669. The molecule has 0 aliphatic rings. The minimum atomic E-state index is -1.26. The van der Waals surface area contributed by atoms with Crippen molar-refractivity contribution in [1.29, 1.82) is 0 Å². The molecule has 0 saturated heterocycles. The van der Waals surface area contributed by atoms with Crippen LogP contribution >= 0.6 is 0 Å². The number of hydrogen-bond acceptors (Lipinski definition) is 6. The Morgan fingerprint density at radius 3 is 2.10 bits per heavy atom. The first-order chi connectivity index (χ1) is 9.92. The predicted molar refractivity (Wildman–Crippen MR) is 74.9 cm³/mol. The van der Waals surface area contributed by atoms with Crippen LogP contribution in [0.2, 0.25) is 0 Å². The van der Waals surface area contributed by atoms with Crippen LogP contribution in [0, 0.1) is 0 Å². The average Bonchev–Trinajstić information content (AvgIpc) is 2.45. The summed E-state index contributed by atoms with van der Waals surface area (Å²) in [5.41, 5.74) is 7.09. The van der Waals surface area contributed by atoms with Crippen LogP contribution in [0.3, 0.4) is 0 Å². The normalized spacial score (nSPS) is 9.95. The van der Waals surface area contributed by atoms with E-state index in [1.807, 2.05) is 12.1 Å². The first-order valence-corrected chi connectivity index (χ1v) is 5.63. The van der Waals surface area contributed by atoms with Crippen LogP contribution in [0.15, 0.2) is 36.4 Å². The van der Waals surface area contributed by atoms with E-state index in [1.54, 1.807) is 19.2 Å². The lowest BCUT2D eigenvalue weighted by atomic mass is 10.3. The van der Waals surface area contributed by atoms with Crippen LogP contribution in [-0.4, -0.2) is 39.2 Å². The molecule has 0 unspecified atom stereocenters. The van der Waals surface area contributed by atoms with E-state index in [0.29, 0.717) is 23.8 Å². The van der Waals surface area contributed by atoms with Gasteiger partial charge in [-0.2, -0.15) is 0 Å². The lowest BCUT2D eigenvalue weighted by molar-refractivity contribution is -0.134. The van der Waals surface area contributed by atoms with Crippen LogP contribution < -0.4 is 10.5 Å². The van der Waals surface area contributed by atoms with Gasteiger partial charge in [-0.1, -0.05) is 0 Å². The molecule has 110 valence electrons. The van der Waals surface area contributed by atoms with Crippen molar-refractivity contribution < 1.29 is 24.5 Å². The summed E-state index contributed by atoms with van der Waals surface area (Å²) >= 11 is 0. The number of aliphatic carboxylic acids is 2. The zero-order chi connectivity index (χ0) is 15.8. The third-order valence-electron chi connectivity index (χ3n) is 2.12. The Morgan fingerprint density at radius 1 is 1.05 bits per heavy atom. The molecule has 21 heavy (non-hydrogen) atoms. The highest BCUT2D eigenvalue weighted by atomic mass is 16.5. The largest absolute Gasteiger partial charge is 0.481 e. The molecule has 8 nitrogen and oxygen atoms in total. The summed E-state index contributed by atoms with van der Waals surface area (Å²) in [4.78, 5) is 27.4. The minimum absolute atomic E-state index is 0.500. The van der Waals surface area contributed by atoms with E-state index in [4.69, 9.17) is 20.7 Å². The third-order valence-corrected chi connectivity index (χ3v) is 2.12. The number of hydrogen-bond donors (Lipinski definition) is 3. The fourth-order valence-electron chi connectivity index (χ4n) is 1.26. The molecule has 0 aliphatic heterocycles. The Balaban J connectivity index is 0.000000240. The van der Waals surface area contributed by atoms with Gasteiger partial charge < -0.3 is 20.7 Å². The molecular weight excluding hydrogens is 278 g/mol. The van der Waals surface area contributed by atoms with Crippen molar-refractivity contribution in [2.75, 3.05) is 12.8 Å². The van der Waals surface area contributed by atoms with Crippen molar-refractivity contribution in [3.63, 3.8) is 0 Å². The van der Waals surface area contributed by atoms with Gasteiger partial charge in [-0.25, -0.2) is 19.6 Å². The van der Waals surface area contributed by atoms with E-state index in [1.165, 1.54) is 0 Å². The number of nitrogen functional groups attached to an aromatic ring is 1. The van der Waals surface area contributed by atoms with E-state index in [-0.39, 0.29) is 0 Å². The first kappa shape index (κ1) is 15.9. The van der Waals surface area contributed by atoms with Gasteiger partial charge >= 0.3 is 11.9 Å². The average molecular weight is 291 g/mol. The number of aromatic nitrogens is 2. The molecule has 2 aromatic heterocycles. The van der Waals surface area contributed by atoms with Crippen molar-refractivity contribution in [2.45, 2.75) is 0 Å². The van der Waals surface area contributed by atoms with Gasteiger partial charge in [-0.15, -0.1) is 0 Å². The molecule has 0 atom stereocenters. The van der Waals surface area contributed by atoms with Gasteiger partial charge in [0.1, 0.15) is 5.82 Å². The van der Waals surface area contributed by atoms with Gasteiger partial charge in [0.2, 0.25) is 5.88 Å². The van der Waals surface area contributed by atoms with Gasteiger partial charge in [0.15, 0.2) is 0 Å². The number of pyridine rings is 2. The zero-order valence-corrected chi connectivity index (χ0v) is 11.1. The second kappa shape index (κ2) is 7.43. The SMILES string of the molecule is COc1ccc2nc(N)ccc2n1.O=C(O)C=CC(=O)O. The number of rotatable bonds is 3. The highest BCUT2D eigenvalue weighted by molar-refractivity contribution is 5.89. The van der Waals surface area contributed by atoms with Gasteiger partial charge in [0, 0.05) is 18.2 Å². The smallest absolute Gasteiger partial charge is 0.328 e. The quantitative estimate of drug-likeness (QED) is 0.710. The third kappa shape index (κ3) is 5.55. The van der Waals surface area contributed by atoms with Crippen LogP contribution in [0.25, 0.3) is 11.0 Å². The molecule has 2 aromatic rings. The molecule has 0 bridgehead atoms. The minimum Gasteiger partial charge on any atom is -0.481 e. The van der Waals surface area contributed by atoms with E-state index in [2.05, 4.69) is 9.97 Å². The first-order valence-electron chi connectivity index (χ1n) is 5.63. The number of carboxylic acid groups (broad SMARTS) is 2. The Kier molecular flexibility index (Phi) is 5.63. The van der Waals surface area contributed by atoms with Crippen molar-refractivity contribution >= 4 is 28.8 Å². The number of nitrogens with two attached hydrogens (primary N) is 1. The molecule has 0 spiro atoms. The van der Waals surface area contributed by atoms with Crippen molar-refractivity contribution in [3.8, 4) is 5.88 Å². The van der Waals surface area contributed by atoms with E-state index >= 15 is 0 Å². The summed E-state index contributed by atoms with van der Waals surface area (Å²) in [5, 5.41) is 15.6. The van der Waals surface area contributed by atoms with Crippen LogP contribution in [0.5, 0.6) is 5.88 Å². The van der Waals surface area contributed by atoms with Gasteiger partial charge in [-0.05, 0) is 18.2 Å². The Hall–Kier alpha value is -3.16. The van der Waals surface area contributed by atoms with Gasteiger partial charge in [0.25, 0.3) is 0 Å². The summed E-state index contributed by atoms with van der Waals surface area (Å²) in [5.74, 6) is -1.43. The molecule has 0 radical (unpaired) electrons. The van der Waals surface area contributed by atoms with Crippen molar-refractivity contribution in [1.82, 2.24) is 9.97 Å². The molecular formula is C13H13N3O5. The summed E-state index contributed by atoms with van der Waals surface area (Å²) in [6.45, 7) is 0. The second-order valence-electron chi connectivity index (χ2n) is 3.64. The second-order valence-corrected chi connectivity index (χ2v) is 3.64. The molecule has 0 amide bonds. The number of fused-ring (bicyclic) bond motifs is 1. The summed E-state index contributed by atoms with van der Waals surface area (Å²) in [6, 6.07) is 7.13. The fraction of sp³-hybridized carbons (Fsp3) is 0.0769. The van der Waals surface area contributed by atoms with Gasteiger partial charge in [-0.3, -0.25) is 0 Å². The summed E-state index contributed by atoms with van der Waals surface area (Å²) in [6.07, 6.45) is 1.12. The lowest BCUT2D eigenvalue weighted by Gasteiger charge is -2.00. The highest BCUT2D eigenvalue weighted by Gasteiger charge is 1.98. The molecule has 2 rings (SSSR count). The van der Waals surface area contributed by atoms with E-state index in [9.17, 15) is 9.59 Å². The Morgan fingerprint density at radius 2 is 1.57 bits per heavy atom. The lowest BCUT2D eigenvalue weighted by Crippen LogP contribution is -1.92. The number of carboxylic acids is 2. The highest BCUT2D eigenvalue weighted by Crippen LogP contribution is 2.15. The maximum atomic E-state index is 9.55. The maximum absolute atomic E-state index is 9.55. The molecule has 0 aliphatic carbocycles. The molecule has 0 fully saturated rings. The van der Waals surface area contributed by atoms with Gasteiger partial charge in [0.05, 0.1) is 18.1 Å². The number of carbonyl (C=O) groups is 2. The molecule has 0 saturated carbocycles. The molecule has 0 aromatic carbocycles. The zero-order valence-electron chi connectivity index (χ0n) is 11.1. The van der Waals surface area contributed by atoms with E-state index in [0.717, 1.165) is 11.0 Å². The Labute approximate surface area is 119 Å². The van der Waals surface area contributed by atoms with Crippen molar-refractivity contribution in [2.24, 2.45) is 0 Å². The molecule has 8 heteroatoms. The summed E-state index contributed by atoms with van der Waals surface area (Å²) in [7, 11) is 1.58. The number of nitrogens with zero attached hydrogens (tertiary/aromatic N) is 2. The number of anilines is 1. The number of methoxy groups -OCH3 is 1. The van der Waals surface area contributed by atoms with E-state index < -0.39 is 11.9 Å². The topological polar surface area (TPSA) is 136 Å². The predicted octanol–water partition coefficient (Wildman–Crippen LogP) is 0.932. The maximum Gasteiger partial charge on any atom is 0.328 e. The van der Waals surface area contributed by atoms with Crippen molar-refractivity contribution in [3.05, 3.63) is 36.4 Å². The van der Waals surface area contributed by atoms with Crippen LogP contribution in [-0.2, 0) is 9.59 Å². The molecule has 4 N–H and O–H groups in total. The summed E-state index contributed by atoms with van der Waals surface area (Å²) < 4.78 is 4.98. The van der Waals surface area contributed by atoms with Crippen LogP contribution in [0.1, 0.15) is 0 Å².